The molecule has 0 bridgehead atoms. The molecule has 0 spiro atoms. The van der Waals surface area contributed by atoms with E-state index in [0.29, 0.717) is 5.82 Å². The van der Waals surface area contributed by atoms with Crippen molar-refractivity contribution < 1.29 is 0 Å². The van der Waals surface area contributed by atoms with Crippen molar-refractivity contribution >= 4 is 5.82 Å². The highest BCUT2D eigenvalue weighted by Gasteiger charge is 2.35. The summed E-state index contributed by atoms with van der Waals surface area (Å²) in [6, 6.07) is 2.60. The maximum Gasteiger partial charge on any atom is 0.144 e. The third-order valence-corrected chi connectivity index (χ3v) is 4.39. The number of nitrogens with two attached hydrogens (primary N) is 1. The first-order valence-electron chi connectivity index (χ1n) is 7.06. The van der Waals surface area contributed by atoms with E-state index in [0.717, 1.165) is 30.0 Å². The molecule has 3 rings (SSSR count). The van der Waals surface area contributed by atoms with Gasteiger partial charge in [-0.2, -0.15) is 0 Å². The quantitative estimate of drug-likeness (QED) is 0.868. The number of hydrogen-bond acceptors (Lipinski definition) is 4. The summed E-state index contributed by atoms with van der Waals surface area (Å²) < 4.78 is 0. The number of nitrogens with zero attached hydrogens (tertiary/aromatic N) is 3. The second-order valence-corrected chi connectivity index (χ2v) is 5.72. The highest BCUT2D eigenvalue weighted by Crippen LogP contribution is 2.36. The van der Waals surface area contributed by atoms with Gasteiger partial charge in [0.05, 0.1) is 6.54 Å². The molecule has 4 heteroatoms. The van der Waals surface area contributed by atoms with Crippen LogP contribution in [-0.2, 0) is 6.54 Å². The van der Waals surface area contributed by atoms with Gasteiger partial charge >= 0.3 is 0 Å². The molecule has 2 N–H and O–H groups in total. The van der Waals surface area contributed by atoms with Gasteiger partial charge in [0.1, 0.15) is 11.6 Å². The lowest BCUT2D eigenvalue weighted by atomic mass is 9.85. The first-order valence-corrected chi connectivity index (χ1v) is 7.06. The molecule has 1 saturated carbocycles. The van der Waals surface area contributed by atoms with E-state index in [2.05, 4.69) is 14.9 Å². The molecule has 1 aromatic heterocycles. The van der Waals surface area contributed by atoms with E-state index in [1.807, 2.05) is 13.0 Å². The summed E-state index contributed by atoms with van der Waals surface area (Å²) in [7, 11) is 0. The Labute approximate surface area is 109 Å². The van der Waals surface area contributed by atoms with Gasteiger partial charge < -0.3 is 5.73 Å². The van der Waals surface area contributed by atoms with Gasteiger partial charge in [-0.3, -0.25) is 4.90 Å². The maximum absolute atomic E-state index is 5.80. The van der Waals surface area contributed by atoms with E-state index < -0.39 is 0 Å². The fourth-order valence-corrected chi connectivity index (χ4v) is 3.61. The number of anilines is 1. The van der Waals surface area contributed by atoms with Crippen LogP contribution in [-0.4, -0.2) is 27.5 Å². The van der Waals surface area contributed by atoms with Crippen molar-refractivity contribution in [2.75, 3.05) is 12.3 Å². The molecule has 4 nitrogen and oxygen atoms in total. The van der Waals surface area contributed by atoms with Crippen LogP contribution >= 0.6 is 0 Å². The lowest BCUT2D eigenvalue weighted by molar-refractivity contribution is 0.172. The van der Waals surface area contributed by atoms with E-state index in [9.17, 15) is 0 Å². The van der Waals surface area contributed by atoms with Crippen LogP contribution in [0.2, 0.25) is 0 Å². The zero-order valence-corrected chi connectivity index (χ0v) is 11.1. The van der Waals surface area contributed by atoms with Gasteiger partial charge in [0.2, 0.25) is 0 Å². The predicted octanol–water partition coefficient (Wildman–Crippen LogP) is 2.13. The Kier molecular flexibility index (Phi) is 3.20. The van der Waals surface area contributed by atoms with Crippen molar-refractivity contribution in [3.63, 3.8) is 0 Å². The predicted molar refractivity (Wildman–Crippen MR) is 72.0 cm³/mol. The van der Waals surface area contributed by atoms with Gasteiger partial charge in [-0.05, 0) is 38.6 Å². The standard InChI is InChI=1S/C14H22N4/c1-10-8-13(15)17-14(16-10)9-18-7-6-11-4-2-3-5-12(11)18/h8,11-12H,2-7,9H2,1H3,(H2,15,16,17). The number of hydrogen-bond donors (Lipinski definition) is 1. The summed E-state index contributed by atoms with van der Waals surface area (Å²) in [5.74, 6) is 2.40. The summed E-state index contributed by atoms with van der Waals surface area (Å²) in [5, 5.41) is 0. The van der Waals surface area contributed by atoms with E-state index >= 15 is 0 Å². The third kappa shape index (κ3) is 2.34. The minimum atomic E-state index is 0.594. The van der Waals surface area contributed by atoms with Crippen LogP contribution in [0.1, 0.15) is 43.6 Å². The van der Waals surface area contributed by atoms with Crippen LogP contribution in [0.25, 0.3) is 0 Å². The molecule has 2 atom stereocenters. The van der Waals surface area contributed by atoms with E-state index in [-0.39, 0.29) is 0 Å². The van der Waals surface area contributed by atoms with Gasteiger partial charge in [0.15, 0.2) is 0 Å². The van der Waals surface area contributed by atoms with Gasteiger partial charge in [0.25, 0.3) is 0 Å². The summed E-state index contributed by atoms with van der Waals surface area (Å²) in [4.78, 5) is 11.4. The van der Waals surface area contributed by atoms with Crippen LogP contribution in [0.5, 0.6) is 0 Å². The van der Waals surface area contributed by atoms with Crippen LogP contribution in [0, 0.1) is 12.8 Å². The molecule has 0 amide bonds. The van der Waals surface area contributed by atoms with Crippen molar-refractivity contribution in [2.24, 2.45) is 5.92 Å². The molecule has 18 heavy (non-hydrogen) atoms. The van der Waals surface area contributed by atoms with Crippen molar-refractivity contribution in [1.29, 1.82) is 0 Å². The van der Waals surface area contributed by atoms with Gasteiger partial charge in [-0.1, -0.05) is 12.8 Å². The first-order chi connectivity index (χ1) is 8.72. The fraction of sp³-hybridized carbons (Fsp3) is 0.714. The minimum Gasteiger partial charge on any atom is -0.384 e. The monoisotopic (exact) mass is 246 g/mol. The molecule has 1 aliphatic heterocycles. The zero-order chi connectivity index (χ0) is 12.5. The molecule has 98 valence electrons. The zero-order valence-electron chi connectivity index (χ0n) is 11.1. The number of fused-ring (bicyclic) bond motifs is 1. The Morgan fingerprint density at radius 3 is 2.94 bits per heavy atom. The molecule has 0 aromatic carbocycles. The molecule has 1 aliphatic carbocycles. The molecule has 2 aliphatic rings. The SMILES string of the molecule is Cc1cc(N)nc(CN2CCC3CCCCC32)n1. The number of rotatable bonds is 2. The van der Waals surface area contributed by atoms with E-state index in [1.165, 1.54) is 38.6 Å². The minimum absolute atomic E-state index is 0.594. The van der Waals surface area contributed by atoms with Gasteiger partial charge in [-0.25, -0.2) is 9.97 Å². The maximum atomic E-state index is 5.80. The first kappa shape index (κ1) is 11.9. The third-order valence-electron chi connectivity index (χ3n) is 4.39. The highest BCUT2D eigenvalue weighted by molar-refractivity contribution is 5.29. The highest BCUT2D eigenvalue weighted by atomic mass is 15.2. The van der Waals surface area contributed by atoms with Crippen molar-refractivity contribution in [2.45, 2.75) is 51.6 Å². The summed E-state index contributed by atoms with van der Waals surface area (Å²) >= 11 is 0. The summed E-state index contributed by atoms with van der Waals surface area (Å²) in [5.41, 5.74) is 6.77. The number of aromatic nitrogens is 2. The second kappa shape index (κ2) is 4.84. The molecule has 1 saturated heterocycles. The van der Waals surface area contributed by atoms with E-state index in [1.54, 1.807) is 0 Å². The van der Waals surface area contributed by atoms with Gasteiger partial charge in [-0.15, -0.1) is 0 Å². The van der Waals surface area contributed by atoms with Crippen LogP contribution < -0.4 is 5.73 Å². The van der Waals surface area contributed by atoms with Crippen LogP contribution in [0.4, 0.5) is 5.82 Å². The normalized spacial score (nSPS) is 28.3. The molecular formula is C14H22N4. The summed E-state index contributed by atoms with van der Waals surface area (Å²) in [6.07, 6.45) is 6.92. The summed E-state index contributed by atoms with van der Waals surface area (Å²) in [6.45, 7) is 4.05. The van der Waals surface area contributed by atoms with E-state index in [4.69, 9.17) is 5.73 Å². The Hall–Kier alpha value is -1.16. The Morgan fingerprint density at radius 1 is 1.28 bits per heavy atom. The number of likely N-dealkylation sites (tertiary alicyclic amines) is 1. The van der Waals surface area contributed by atoms with Crippen molar-refractivity contribution in [1.82, 2.24) is 14.9 Å². The lowest BCUT2D eigenvalue weighted by Gasteiger charge is -2.31. The molecule has 1 aromatic rings. The second-order valence-electron chi connectivity index (χ2n) is 5.72. The average molecular weight is 246 g/mol. The van der Waals surface area contributed by atoms with Crippen LogP contribution in [0.15, 0.2) is 6.07 Å². The smallest absolute Gasteiger partial charge is 0.144 e. The molecule has 2 unspecified atom stereocenters. The van der Waals surface area contributed by atoms with Crippen molar-refractivity contribution in [3.8, 4) is 0 Å². The van der Waals surface area contributed by atoms with Crippen LogP contribution in [0.3, 0.4) is 0 Å². The molecular weight excluding hydrogens is 224 g/mol. The Bertz CT molecular complexity index is 412. The number of nitrogen functional groups attached to an aromatic ring is 1. The molecule has 2 heterocycles. The lowest BCUT2D eigenvalue weighted by Crippen LogP contribution is -2.34. The fourth-order valence-electron chi connectivity index (χ4n) is 3.61. The largest absolute Gasteiger partial charge is 0.384 e. The number of aryl methyl sites for hydroxylation is 1. The Balaban J connectivity index is 1.72. The average Bonchev–Trinajstić information content (AvgIpc) is 2.72. The Morgan fingerprint density at radius 2 is 2.11 bits per heavy atom. The molecule has 2 fully saturated rings. The van der Waals surface area contributed by atoms with Gasteiger partial charge in [0, 0.05) is 17.8 Å². The topological polar surface area (TPSA) is 55.0 Å². The van der Waals surface area contributed by atoms with Crippen molar-refractivity contribution in [3.05, 3.63) is 17.6 Å². The molecule has 0 radical (unpaired) electrons.